The number of halogens is 1. The minimum atomic E-state index is -4.21. The molecule has 4 rings (SSSR count). The van der Waals surface area contributed by atoms with Gasteiger partial charge in [-0.2, -0.15) is 4.72 Å². The molecule has 0 spiro atoms. The van der Waals surface area contributed by atoms with Crippen molar-refractivity contribution in [1.29, 1.82) is 0 Å². The zero-order valence-corrected chi connectivity index (χ0v) is 19.7. The Labute approximate surface area is 203 Å². The number of carboxylic acid groups (broad SMARTS) is 1. The largest absolute Gasteiger partial charge is 0.480 e. The Balaban J connectivity index is 1.48. The van der Waals surface area contributed by atoms with Gasteiger partial charge in [0.25, 0.3) is 5.91 Å². The number of hydrogen-bond acceptors (Lipinski definition) is 4. The maximum Gasteiger partial charge on any atom is 0.321 e. The molecule has 0 radical (unpaired) electrons. The van der Waals surface area contributed by atoms with Crippen LogP contribution in [0.4, 0.5) is 0 Å². The van der Waals surface area contributed by atoms with Crippen molar-refractivity contribution in [3.63, 3.8) is 0 Å². The van der Waals surface area contributed by atoms with E-state index in [1.165, 1.54) is 6.07 Å². The fourth-order valence-electron chi connectivity index (χ4n) is 4.04. The van der Waals surface area contributed by atoms with Gasteiger partial charge in [-0.3, -0.25) is 9.59 Å². The van der Waals surface area contributed by atoms with E-state index >= 15 is 0 Å². The van der Waals surface area contributed by atoms with Crippen molar-refractivity contribution in [2.45, 2.75) is 30.3 Å². The Morgan fingerprint density at radius 2 is 1.74 bits per heavy atom. The van der Waals surface area contributed by atoms with Gasteiger partial charge in [-0.15, -0.1) is 0 Å². The highest BCUT2D eigenvalue weighted by Crippen LogP contribution is 2.30. The Morgan fingerprint density at radius 1 is 1.03 bits per heavy atom. The van der Waals surface area contributed by atoms with Gasteiger partial charge in [0.05, 0.1) is 4.90 Å². The SMILES string of the molecule is O=C(O)[C@@H](CCCN1Cc2ccccc2C1=O)NS(=O)(=O)c1cc(Cl)ccc1-c1ccccc1. The third-order valence-corrected chi connectivity index (χ3v) is 7.48. The van der Waals surface area contributed by atoms with Crippen LogP contribution in [-0.4, -0.2) is 42.9 Å². The van der Waals surface area contributed by atoms with Crippen LogP contribution in [-0.2, 0) is 21.4 Å². The lowest BCUT2D eigenvalue weighted by Crippen LogP contribution is -2.41. The van der Waals surface area contributed by atoms with Crippen molar-refractivity contribution in [3.8, 4) is 11.1 Å². The number of carbonyl (C=O) groups excluding carboxylic acids is 1. The molecule has 2 N–H and O–H groups in total. The van der Waals surface area contributed by atoms with E-state index in [0.29, 0.717) is 36.2 Å². The zero-order valence-electron chi connectivity index (χ0n) is 18.1. The fourth-order valence-corrected chi connectivity index (χ4v) is 5.75. The molecule has 7 nitrogen and oxygen atoms in total. The Morgan fingerprint density at radius 3 is 2.44 bits per heavy atom. The van der Waals surface area contributed by atoms with Gasteiger partial charge in [-0.05, 0) is 42.2 Å². The zero-order chi connectivity index (χ0) is 24.3. The molecule has 176 valence electrons. The normalized spacial score (nSPS) is 14.1. The van der Waals surface area contributed by atoms with Gasteiger partial charge in [0.2, 0.25) is 10.0 Å². The van der Waals surface area contributed by atoms with E-state index in [1.807, 2.05) is 18.2 Å². The van der Waals surface area contributed by atoms with Gasteiger partial charge < -0.3 is 10.0 Å². The molecule has 0 aliphatic carbocycles. The number of rotatable bonds is 9. The first-order chi connectivity index (χ1) is 16.3. The van der Waals surface area contributed by atoms with Crippen molar-refractivity contribution in [3.05, 3.63) is 88.9 Å². The van der Waals surface area contributed by atoms with Crippen LogP contribution < -0.4 is 4.72 Å². The van der Waals surface area contributed by atoms with Gasteiger partial charge in [0.15, 0.2) is 0 Å². The number of sulfonamides is 1. The highest BCUT2D eigenvalue weighted by molar-refractivity contribution is 7.89. The number of nitrogens with zero attached hydrogens (tertiary/aromatic N) is 1. The maximum absolute atomic E-state index is 13.2. The van der Waals surface area contributed by atoms with Crippen molar-refractivity contribution in [2.75, 3.05) is 6.54 Å². The summed E-state index contributed by atoms with van der Waals surface area (Å²) in [6, 6.07) is 19.4. The molecule has 1 aliphatic heterocycles. The van der Waals surface area contributed by atoms with Crippen molar-refractivity contribution >= 4 is 33.5 Å². The topological polar surface area (TPSA) is 104 Å². The molecule has 3 aromatic carbocycles. The Hall–Kier alpha value is -3.20. The van der Waals surface area contributed by atoms with E-state index in [-0.39, 0.29) is 22.2 Å². The summed E-state index contributed by atoms with van der Waals surface area (Å²) in [5.74, 6) is -1.39. The highest BCUT2D eigenvalue weighted by Gasteiger charge is 2.30. The van der Waals surface area contributed by atoms with Crippen molar-refractivity contribution in [1.82, 2.24) is 9.62 Å². The van der Waals surface area contributed by atoms with Gasteiger partial charge in [-0.1, -0.05) is 66.2 Å². The van der Waals surface area contributed by atoms with E-state index in [9.17, 15) is 23.1 Å². The number of aliphatic carboxylic acids is 1. The lowest BCUT2D eigenvalue weighted by Gasteiger charge is -2.19. The summed E-state index contributed by atoms with van der Waals surface area (Å²) >= 11 is 6.07. The number of fused-ring (bicyclic) bond motifs is 1. The van der Waals surface area contributed by atoms with Crippen molar-refractivity contribution < 1.29 is 23.1 Å². The molecule has 34 heavy (non-hydrogen) atoms. The standard InChI is InChI=1S/C25H23ClN2O5S/c26-19-12-13-20(17-7-2-1-3-8-17)23(15-19)34(32,33)27-22(25(30)31)11-6-14-28-16-18-9-4-5-10-21(18)24(28)29/h1-5,7-10,12-13,15,22,27H,6,11,14,16H2,(H,30,31)/t22-/m1/s1. The molecular formula is C25H23ClN2O5S. The Bertz CT molecular complexity index is 1330. The first-order valence-electron chi connectivity index (χ1n) is 10.7. The average Bonchev–Trinajstić information content (AvgIpc) is 3.14. The highest BCUT2D eigenvalue weighted by atomic mass is 35.5. The van der Waals surface area contributed by atoms with Crippen LogP contribution in [0.2, 0.25) is 5.02 Å². The van der Waals surface area contributed by atoms with Crippen molar-refractivity contribution in [2.24, 2.45) is 0 Å². The minimum absolute atomic E-state index is 0.0237. The van der Waals surface area contributed by atoms with E-state index in [1.54, 1.807) is 53.4 Å². The lowest BCUT2D eigenvalue weighted by molar-refractivity contribution is -0.139. The molecule has 9 heteroatoms. The first kappa shape index (κ1) is 23.9. The fraction of sp³-hybridized carbons (Fsp3) is 0.200. The third kappa shape index (κ3) is 5.14. The molecule has 0 bridgehead atoms. The van der Waals surface area contributed by atoms with Gasteiger partial charge >= 0.3 is 5.97 Å². The second-order valence-corrected chi connectivity index (χ2v) is 10.2. The van der Waals surface area contributed by atoms with Crippen LogP contribution in [0.5, 0.6) is 0 Å². The number of hydrogen-bond donors (Lipinski definition) is 2. The van der Waals surface area contributed by atoms with E-state index in [0.717, 1.165) is 5.56 Å². The number of benzene rings is 3. The monoisotopic (exact) mass is 498 g/mol. The summed E-state index contributed by atoms with van der Waals surface area (Å²) < 4.78 is 28.7. The molecule has 1 amide bonds. The number of carbonyl (C=O) groups is 2. The molecule has 0 saturated heterocycles. The molecule has 1 heterocycles. The predicted molar refractivity (Wildman–Crippen MR) is 129 cm³/mol. The average molecular weight is 499 g/mol. The van der Waals surface area contributed by atoms with Crippen LogP contribution in [0.25, 0.3) is 11.1 Å². The summed E-state index contributed by atoms with van der Waals surface area (Å²) in [6.45, 7) is 0.785. The van der Waals surface area contributed by atoms with Crippen LogP contribution in [0.3, 0.4) is 0 Å². The summed E-state index contributed by atoms with van der Waals surface area (Å²) in [5.41, 5.74) is 2.66. The van der Waals surface area contributed by atoms with E-state index in [4.69, 9.17) is 11.6 Å². The lowest BCUT2D eigenvalue weighted by atomic mass is 10.1. The number of amides is 1. The second kappa shape index (κ2) is 9.97. The molecule has 1 aliphatic rings. The quantitative estimate of drug-likeness (QED) is 0.460. The number of carboxylic acids is 1. The Kier molecular flexibility index (Phi) is 7.02. The molecule has 0 fully saturated rings. The molecule has 3 aromatic rings. The summed E-state index contributed by atoms with van der Waals surface area (Å²) in [6.07, 6.45) is 0.343. The molecule has 1 atom stereocenters. The predicted octanol–water partition coefficient (Wildman–Crippen LogP) is 4.17. The molecule has 0 aromatic heterocycles. The molecular weight excluding hydrogens is 476 g/mol. The van der Waals surface area contributed by atoms with E-state index in [2.05, 4.69) is 4.72 Å². The number of nitrogens with one attached hydrogen (secondary N) is 1. The smallest absolute Gasteiger partial charge is 0.321 e. The van der Waals surface area contributed by atoms with Crippen LogP contribution in [0, 0.1) is 0 Å². The summed E-state index contributed by atoms with van der Waals surface area (Å²) in [5, 5.41) is 9.90. The summed E-state index contributed by atoms with van der Waals surface area (Å²) in [7, 11) is -4.21. The van der Waals surface area contributed by atoms with Crippen LogP contribution in [0.15, 0.2) is 77.7 Å². The third-order valence-electron chi connectivity index (χ3n) is 5.73. The molecule has 0 unspecified atom stereocenters. The summed E-state index contributed by atoms with van der Waals surface area (Å²) in [4.78, 5) is 25.9. The van der Waals surface area contributed by atoms with Crippen LogP contribution in [0.1, 0.15) is 28.8 Å². The van der Waals surface area contributed by atoms with Crippen LogP contribution >= 0.6 is 11.6 Å². The maximum atomic E-state index is 13.2. The minimum Gasteiger partial charge on any atom is -0.480 e. The van der Waals surface area contributed by atoms with Gasteiger partial charge in [0.1, 0.15) is 6.04 Å². The van der Waals surface area contributed by atoms with E-state index < -0.39 is 22.0 Å². The molecule has 0 saturated carbocycles. The van der Waals surface area contributed by atoms with Gasteiger partial charge in [0, 0.05) is 29.2 Å². The first-order valence-corrected chi connectivity index (χ1v) is 12.6. The second-order valence-electron chi connectivity index (χ2n) is 8.04. The van der Waals surface area contributed by atoms with Gasteiger partial charge in [-0.25, -0.2) is 8.42 Å².